The average molecular weight is 293 g/mol. The number of aryl methyl sites for hydroxylation is 2. The normalized spacial score (nSPS) is 12.2. The van der Waals surface area contributed by atoms with Crippen molar-refractivity contribution in [1.29, 1.82) is 0 Å². The first kappa shape index (κ1) is 15.4. The van der Waals surface area contributed by atoms with E-state index in [1.54, 1.807) is 0 Å². The van der Waals surface area contributed by atoms with Gasteiger partial charge in [-0.25, -0.2) is 13.2 Å². The van der Waals surface area contributed by atoms with Gasteiger partial charge < -0.3 is 5.32 Å². The van der Waals surface area contributed by atoms with E-state index >= 15 is 0 Å². The molecule has 0 aromatic heterocycles. The van der Waals surface area contributed by atoms with Gasteiger partial charge in [-0.2, -0.15) is 0 Å². The highest BCUT2D eigenvalue weighted by Crippen LogP contribution is 2.20. The van der Waals surface area contributed by atoms with E-state index in [9.17, 15) is 13.2 Å². The minimum atomic E-state index is -1.18. The molecule has 2 aromatic carbocycles. The first-order valence-electron chi connectivity index (χ1n) is 6.92. The van der Waals surface area contributed by atoms with Crippen LogP contribution in [0, 0.1) is 24.4 Å². The number of hydrogen-bond acceptors (Lipinski definition) is 1. The molecule has 2 rings (SSSR count). The molecule has 0 amide bonds. The molecule has 0 heterocycles. The van der Waals surface area contributed by atoms with E-state index in [2.05, 4.69) is 11.4 Å². The van der Waals surface area contributed by atoms with E-state index in [4.69, 9.17) is 0 Å². The number of benzene rings is 2. The lowest BCUT2D eigenvalue weighted by Gasteiger charge is -2.16. The second-order valence-electron chi connectivity index (χ2n) is 5.32. The Kier molecular flexibility index (Phi) is 4.89. The third-order valence-corrected chi connectivity index (χ3v) is 3.36. The smallest absolute Gasteiger partial charge is 0.161 e. The third kappa shape index (κ3) is 4.25. The van der Waals surface area contributed by atoms with E-state index in [0.717, 1.165) is 18.9 Å². The van der Waals surface area contributed by atoms with Gasteiger partial charge in [0.2, 0.25) is 0 Å². The van der Waals surface area contributed by atoms with Crippen LogP contribution in [0.5, 0.6) is 0 Å². The molecule has 0 bridgehead atoms. The molecule has 0 radical (unpaired) electrons. The minimum absolute atomic E-state index is 0.00866. The number of halogens is 3. The van der Waals surface area contributed by atoms with Gasteiger partial charge in [0.05, 0.1) is 5.69 Å². The van der Waals surface area contributed by atoms with Crippen molar-refractivity contribution in [3.05, 3.63) is 65.0 Å². The third-order valence-electron chi connectivity index (χ3n) is 3.36. The lowest BCUT2D eigenvalue weighted by Crippen LogP contribution is -2.17. The summed E-state index contributed by atoms with van der Waals surface area (Å²) in [5.41, 5.74) is 2.39. The summed E-state index contributed by atoms with van der Waals surface area (Å²) >= 11 is 0. The molecule has 0 aliphatic carbocycles. The fraction of sp³-hybridized carbons (Fsp3) is 0.294. The summed E-state index contributed by atoms with van der Waals surface area (Å²) in [6.45, 7) is 3.92. The van der Waals surface area contributed by atoms with Crippen molar-refractivity contribution in [2.75, 3.05) is 5.32 Å². The van der Waals surface area contributed by atoms with Gasteiger partial charge >= 0.3 is 0 Å². The van der Waals surface area contributed by atoms with Gasteiger partial charge in [-0.3, -0.25) is 0 Å². The van der Waals surface area contributed by atoms with E-state index in [-0.39, 0.29) is 11.7 Å². The highest BCUT2D eigenvalue weighted by Gasteiger charge is 2.12. The second kappa shape index (κ2) is 6.66. The maximum Gasteiger partial charge on any atom is 0.161 e. The van der Waals surface area contributed by atoms with Gasteiger partial charge in [0.15, 0.2) is 11.6 Å². The Morgan fingerprint density at radius 1 is 1.00 bits per heavy atom. The number of anilines is 1. The van der Waals surface area contributed by atoms with Gasteiger partial charge in [-0.1, -0.05) is 29.8 Å². The topological polar surface area (TPSA) is 12.0 Å². The van der Waals surface area contributed by atoms with E-state index in [0.29, 0.717) is 6.07 Å². The number of nitrogens with one attached hydrogen (secondary N) is 1. The van der Waals surface area contributed by atoms with Gasteiger partial charge in [0, 0.05) is 18.2 Å². The minimum Gasteiger partial charge on any atom is -0.380 e. The monoisotopic (exact) mass is 293 g/mol. The molecule has 0 aliphatic rings. The number of rotatable bonds is 5. The molecular formula is C17H18F3N. The van der Waals surface area contributed by atoms with Crippen molar-refractivity contribution in [2.45, 2.75) is 32.7 Å². The van der Waals surface area contributed by atoms with Gasteiger partial charge in [-0.15, -0.1) is 0 Å². The van der Waals surface area contributed by atoms with Crippen LogP contribution in [0.4, 0.5) is 18.9 Å². The summed E-state index contributed by atoms with van der Waals surface area (Å²) in [6.07, 6.45) is 1.60. The fourth-order valence-electron chi connectivity index (χ4n) is 2.22. The van der Waals surface area contributed by atoms with Crippen molar-refractivity contribution in [3.8, 4) is 0 Å². The van der Waals surface area contributed by atoms with Crippen LogP contribution < -0.4 is 5.32 Å². The predicted molar refractivity (Wildman–Crippen MR) is 78.9 cm³/mol. The summed E-state index contributed by atoms with van der Waals surface area (Å²) in [5.74, 6) is -3.01. The Labute approximate surface area is 122 Å². The molecule has 0 saturated heterocycles. The lowest BCUT2D eigenvalue weighted by molar-refractivity contribution is 0.495. The van der Waals surface area contributed by atoms with Crippen LogP contribution in [0.1, 0.15) is 24.5 Å². The average Bonchev–Trinajstić information content (AvgIpc) is 2.43. The number of hydrogen-bond donors (Lipinski definition) is 1. The zero-order valence-electron chi connectivity index (χ0n) is 12.1. The molecule has 0 saturated carbocycles. The first-order valence-corrected chi connectivity index (χ1v) is 6.92. The van der Waals surface area contributed by atoms with Crippen LogP contribution in [0.3, 0.4) is 0 Å². The SMILES string of the molecule is Cc1cccc(CCC(C)Nc2cc(F)c(F)cc2F)c1. The molecule has 2 aromatic rings. The Bertz CT molecular complexity index is 625. The van der Waals surface area contributed by atoms with Crippen LogP contribution in [0.25, 0.3) is 0 Å². The van der Waals surface area contributed by atoms with Crippen molar-refractivity contribution in [2.24, 2.45) is 0 Å². The Balaban J connectivity index is 1.96. The largest absolute Gasteiger partial charge is 0.380 e. The Morgan fingerprint density at radius 3 is 2.43 bits per heavy atom. The van der Waals surface area contributed by atoms with Crippen LogP contribution >= 0.6 is 0 Å². The molecule has 1 nitrogen and oxygen atoms in total. The van der Waals surface area contributed by atoms with Crippen LogP contribution in [0.2, 0.25) is 0 Å². The molecule has 112 valence electrons. The highest BCUT2D eigenvalue weighted by molar-refractivity contribution is 5.46. The molecule has 0 fully saturated rings. The van der Waals surface area contributed by atoms with E-state index in [1.807, 2.05) is 32.0 Å². The van der Waals surface area contributed by atoms with E-state index < -0.39 is 17.5 Å². The zero-order chi connectivity index (χ0) is 15.4. The Hall–Kier alpha value is -1.97. The summed E-state index contributed by atoms with van der Waals surface area (Å²) in [5, 5.41) is 2.88. The lowest BCUT2D eigenvalue weighted by atomic mass is 10.0. The van der Waals surface area contributed by atoms with Crippen LogP contribution in [-0.4, -0.2) is 6.04 Å². The predicted octanol–water partition coefficient (Wildman–Crippen LogP) is 4.85. The summed E-state index contributed by atoms with van der Waals surface area (Å²) in [6, 6.07) is 9.53. The summed E-state index contributed by atoms with van der Waals surface area (Å²) in [7, 11) is 0. The molecule has 0 spiro atoms. The molecule has 4 heteroatoms. The summed E-state index contributed by atoms with van der Waals surface area (Å²) < 4.78 is 39.5. The maximum absolute atomic E-state index is 13.5. The van der Waals surface area contributed by atoms with Crippen LogP contribution in [-0.2, 0) is 6.42 Å². The highest BCUT2D eigenvalue weighted by atomic mass is 19.2. The second-order valence-corrected chi connectivity index (χ2v) is 5.32. The first-order chi connectivity index (χ1) is 9.95. The van der Waals surface area contributed by atoms with Gasteiger partial charge in [0.25, 0.3) is 0 Å². The Morgan fingerprint density at radius 2 is 1.71 bits per heavy atom. The van der Waals surface area contributed by atoms with Crippen molar-refractivity contribution >= 4 is 5.69 Å². The standard InChI is InChI=1S/C17H18F3N/c1-11-4-3-5-13(8-11)7-6-12(2)21-17-10-15(19)14(18)9-16(17)20/h3-5,8-10,12,21H,6-7H2,1-2H3. The van der Waals surface area contributed by atoms with Crippen molar-refractivity contribution in [3.63, 3.8) is 0 Å². The quantitative estimate of drug-likeness (QED) is 0.777. The maximum atomic E-state index is 13.5. The van der Waals surface area contributed by atoms with Gasteiger partial charge in [-0.05, 0) is 32.3 Å². The zero-order valence-corrected chi connectivity index (χ0v) is 12.1. The molecule has 0 aliphatic heterocycles. The summed E-state index contributed by atoms with van der Waals surface area (Å²) in [4.78, 5) is 0. The van der Waals surface area contributed by atoms with Crippen molar-refractivity contribution in [1.82, 2.24) is 0 Å². The molecular weight excluding hydrogens is 275 g/mol. The van der Waals surface area contributed by atoms with Gasteiger partial charge in [0.1, 0.15) is 5.82 Å². The van der Waals surface area contributed by atoms with E-state index in [1.165, 1.54) is 11.1 Å². The van der Waals surface area contributed by atoms with Crippen LogP contribution in [0.15, 0.2) is 36.4 Å². The fourth-order valence-corrected chi connectivity index (χ4v) is 2.22. The van der Waals surface area contributed by atoms with Crippen molar-refractivity contribution < 1.29 is 13.2 Å². The molecule has 21 heavy (non-hydrogen) atoms. The molecule has 1 atom stereocenters. The molecule has 1 N–H and O–H groups in total. The molecule has 1 unspecified atom stereocenters.